The molecule has 2 unspecified atom stereocenters. The van der Waals surface area contributed by atoms with Crippen LogP contribution in [0.3, 0.4) is 0 Å². The van der Waals surface area contributed by atoms with Crippen LogP contribution < -0.4 is 19.5 Å². The van der Waals surface area contributed by atoms with Crippen molar-refractivity contribution in [2.75, 3.05) is 33.5 Å². The highest BCUT2D eigenvalue weighted by atomic mass is 32.2. The van der Waals surface area contributed by atoms with Crippen molar-refractivity contribution >= 4 is 35.0 Å². The minimum atomic E-state index is -0.707. The Hall–Kier alpha value is -3.50. The van der Waals surface area contributed by atoms with Crippen molar-refractivity contribution in [1.82, 2.24) is 5.32 Å². The molecule has 0 spiro atoms. The molecule has 0 bridgehead atoms. The van der Waals surface area contributed by atoms with Crippen LogP contribution in [0.1, 0.15) is 34.7 Å². The number of esters is 1. The Balaban J connectivity index is 1.39. The Morgan fingerprint density at radius 1 is 1.05 bits per heavy atom. The number of carbonyl (C=O) groups is 3. The molecule has 4 rings (SSSR count). The summed E-state index contributed by atoms with van der Waals surface area (Å²) in [6, 6.07) is 7.49. The van der Waals surface area contributed by atoms with E-state index in [1.165, 1.54) is 0 Å². The fraction of sp³-hybridized carbons (Fsp3) is 0.414. The van der Waals surface area contributed by atoms with Crippen LogP contribution in [-0.4, -0.2) is 61.5 Å². The fourth-order valence-corrected chi connectivity index (χ4v) is 5.23. The number of amides is 2. The molecule has 208 valence electrons. The first-order chi connectivity index (χ1) is 18.6. The third-order valence-electron chi connectivity index (χ3n) is 6.69. The molecule has 2 amide bonds. The van der Waals surface area contributed by atoms with Crippen LogP contribution in [0.25, 0.3) is 6.08 Å². The molecule has 39 heavy (non-hydrogen) atoms. The van der Waals surface area contributed by atoms with Gasteiger partial charge in [0.1, 0.15) is 30.5 Å². The molecule has 2 aliphatic rings. The van der Waals surface area contributed by atoms with Gasteiger partial charge in [-0.05, 0) is 69.0 Å². The molecule has 2 atom stereocenters. The number of hydrogen-bond acceptors (Lipinski definition) is 9. The van der Waals surface area contributed by atoms with Gasteiger partial charge in [0.25, 0.3) is 5.24 Å². The zero-order valence-corrected chi connectivity index (χ0v) is 23.6. The van der Waals surface area contributed by atoms with E-state index in [0.29, 0.717) is 24.5 Å². The van der Waals surface area contributed by atoms with E-state index in [4.69, 9.17) is 23.7 Å². The average Bonchev–Trinajstić information content (AvgIpc) is 3.23. The Kier molecular flexibility index (Phi) is 8.87. The molecular weight excluding hydrogens is 522 g/mol. The lowest BCUT2D eigenvalue weighted by Gasteiger charge is -2.34. The van der Waals surface area contributed by atoms with Gasteiger partial charge in [-0.2, -0.15) is 0 Å². The molecule has 1 fully saturated rings. The lowest BCUT2D eigenvalue weighted by atomic mass is 9.92. The maximum absolute atomic E-state index is 12.0. The summed E-state index contributed by atoms with van der Waals surface area (Å²) in [5, 5.41) is 1.60. The molecule has 2 heterocycles. The summed E-state index contributed by atoms with van der Waals surface area (Å²) < 4.78 is 28.4. The molecule has 2 aromatic rings. The quantitative estimate of drug-likeness (QED) is 0.320. The van der Waals surface area contributed by atoms with Crippen LogP contribution in [0.2, 0.25) is 0 Å². The second-order valence-electron chi connectivity index (χ2n) is 9.72. The van der Waals surface area contributed by atoms with Crippen molar-refractivity contribution in [2.24, 2.45) is 0 Å². The first-order valence-corrected chi connectivity index (χ1v) is 13.5. The number of hydrogen-bond donors (Lipinski definition) is 1. The Morgan fingerprint density at radius 2 is 1.79 bits per heavy atom. The van der Waals surface area contributed by atoms with Crippen molar-refractivity contribution in [2.45, 2.75) is 45.0 Å². The molecule has 1 N–H and O–H groups in total. The second kappa shape index (κ2) is 12.1. The number of rotatable bonds is 11. The van der Waals surface area contributed by atoms with Crippen LogP contribution in [0.5, 0.6) is 17.2 Å². The first kappa shape index (κ1) is 28.5. The molecule has 1 saturated heterocycles. The van der Waals surface area contributed by atoms with E-state index in [-0.39, 0.29) is 31.0 Å². The zero-order valence-electron chi connectivity index (χ0n) is 22.8. The lowest BCUT2D eigenvalue weighted by molar-refractivity contribution is -0.147. The standard InChI is InChI=1S/C29H33NO8S/c1-17-18(2)26-22(19(3)25(17)36-15-24(31)35-13-12-34-5)10-11-29(4,38-26)16-37-21-8-6-20(7-9-21)14-23-27(32)30-28(33)39-23/h6-11,23H,12-16H2,1-5H3,(H,30,32,33). The first-order valence-electron chi connectivity index (χ1n) is 12.6. The second-order valence-corrected chi connectivity index (χ2v) is 10.9. The molecule has 0 aliphatic carbocycles. The van der Waals surface area contributed by atoms with Crippen LogP contribution >= 0.6 is 11.8 Å². The lowest BCUT2D eigenvalue weighted by Crippen LogP contribution is -2.39. The normalized spacial score (nSPS) is 19.8. The number of fused-ring (bicyclic) bond motifs is 1. The van der Waals surface area contributed by atoms with Crippen molar-refractivity contribution in [3.05, 3.63) is 58.2 Å². The predicted octanol–water partition coefficient (Wildman–Crippen LogP) is 4.32. The largest absolute Gasteiger partial charge is 0.489 e. The molecule has 0 saturated carbocycles. The molecule has 10 heteroatoms. The smallest absolute Gasteiger partial charge is 0.344 e. The van der Waals surface area contributed by atoms with E-state index in [1.807, 2.05) is 64.1 Å². The van der Waals surface area contributed by atoms with Gasteiger partial charge in [0.15, 0.2) is 12.2 Å². The molecule has 2 aliphatic heterocycles. The third kappa shape index (κ3) is 6.75. The molecule has 0 radical (unpaired) electrons. The number of carbonyl (C=O) groups excluding carboxylic acids is 3. The van der Waals surface area contributed by atoms with Crippen LogP contribution in [0.15, 0.2) is 30.3 Å². The fourth-order valence-electron chi connectivity index (χ4n) is 4.37. The minimum Gasteiger partial charge on any atom is -0.489 e. The molecular formula is C29H33NO8S. The number of thioether (sulfide) groups is 1. The topological polar surface area (TPSA) is 109 Å². The van der Waals surface area contributed by atoms with E-state index < -0.39 is 16.8 Å². The van der Waals surface area contributed by atoms with Gasteiger partial charge in [0.05, 0.1) is 11.9 Å². The highest BCUT2D eigenvalue weighted by Crippen LogP contribution is 2.43. The molecule has 9 nitrogen and oxygen atoms in total. The van der Waals surface area contributed by atoms with Crippen LogP contribution in [-0.2, 0) is 25.5 Å². The van der Waals surface area contributed by atoms with Crippen molar-refractivity contribution in [3.8, 4) is 17.2 Å². The van der Waals surface area contributed by atoms with Crippen LogP contribution in [0, 0.1) is 20.8 Å². The van der Waals surface area contributed by atoms with Crippen LogP contribution in [0.4, 0.5) is 4.79 Å². The van der Waals surface area contributed by atoms with E-state index in [2.05, 4.69) is 5.32 Å². The van der Waals surface area contributed by atoms with Crippen molar-refractivity contribution < 1.29 is 38.1 Å². The third-order valence-corrected chi connectivity index (χ3v) is 7.67. The Morgan fingerprint density at radius 3 is 2.46 bits per heavy atom. The number of methoxy groups -OCH3 is 1. The number of imide groups is 1. The summed E-state index contributed by atoms with van der Waals surface area (Å²) in [4.78, 5) is 35.2. The monoisotopic (exact) mass is 555 g/mol. The van der Waals surface area contributed by atoms with Gasteiger partial charge < -0.3 is 23.7 Å². The SMILES string of the molecule is COCCOC(=O)COc1c(C)c(C)c2c(c1C)C=CC(C)(COc1ccc(CC3SC(=O)NC3=O)cc1)O2. The van der Waals surface area contributed by atoms with Crippen molar-refractivity contribution in [1.29, 1.82) is 0 Å². The van der Waals surface area contributed by atoms with Gasteiger partial charge >= 0.3 is 5.97 Å². The summed E-state index contributed by atoms with van der Waals surface area (Å²) in [7, 11) is 1.54. The van der Waals surface area contributed by atoms with E-state index in [0.717, 1.165) is 45.3 Å². The van der Waals surface area contributed by atoms with Gasteiger partial charge in [-0.3, -0.25) is 14.9 Å². The summed E-state index contributed by atoms with van der Waals surface area (Å²) >= 11 is 1.02. The summed E-state index contributed by atoms with van der Waals surface area (Å²) in [6.07, 6.45) is 4.44. The Bertz CT molecular complexity index is 1290. The van der Waals surface area contributed by atoms with E-state index >= 15 is 0 Å². The number of nitrogens with one attached hydrogen (secondary N) is 1. The predicted molar refractivity (Wildman–Crippen MR) is 148 cm³/mol. The molecule has 0 aromatic heterocycles. The van der Waals surface area contributed by atoms with Gasteiger partial charge in [0, 0.05) is 18.2 Å². The van der Waals surface area contributed by atoms with Gasteiger partial charge in [-0.15, -0.1) is 0 Å². The van der Waals surface area contributed by atoms with E-state index in [9.17, 15) is 14.4 Å². The molecule has 2 aromatic carbocycles. The van der Waals surface area contributed by atoms with Crippen molar-refractivity contribution in [3.63, 3.8) is 0 Å². The summed E-state index contributed by atoms with van der Waals surface area (Å²) in [5.41, 5.74) is 3.83. The highest BCUT2D eigenvalue weighted by molar-refractivity contribution is 8.15. The minimum absolute atomic E-state index is 0.182. The van der Waals surface area contributed by atoms with Gasteiger partial charge in [-0.1, -0.05) is 30.0 Å². The maximum atomic E-state index is 12.0. The number of benzene rings is 2. The maximum Gasteiger partial charge on any atom is 0.344 e. The number of ether oxygens (including phenoxy) is 5. The Labute approximate surface area is 232 Å². The highest BCUT2D eigenvalue weighted by Gasteiger charge is 2.33. The van der Waals surface area contributed by atoms with Gasteiger partial charge in [-0.25, -0.2) is 4.79 Å². The zero-order chi connectivity index (χ0) is 28.2. The summed E-state index contributed by atoms with van der Waals surface area (Å²) in [5.74, 6) is 1.36. The summed E-state index contributed by atoms with van der Waals surface area (Å²) in [6.45, 7) is 8.40. The average molecular weight is 556 g/mol. The van der Waals surface area contributed by atoms with E-state index in [1.54, 1.807) is 7.11 Å². The van der Waals surface area contributed by atoms with Gasteiger partial charge in [0.2, 0.25) is 5.91 Å².